The third kappa shape index (κ3) is 3.98. The summed E-state index contributed by atoms with van der Waals surface area (Å²) < 4.78 is 0. The van der Waals surface area contributed by atoms with E-state index in [1.165, 1.54) is 24.3 Å². The van der Waals surface area contributed by atoms with Gasteiger partial charge in [-0.2, -0.15) is 0 Å². The van der Waals surface area contributed by atoms with Crippen LogP contribution in [0.15, 0.2) is 47.3 Å². The molecule has 7 nitrogen and oxygen atoms in total. The zero-order valence-corrected chi connectivity index (χ0v) is 14.9. The maximum absolute atomic E-state index is 12.5. The summed E-state index contributed by atoms with van der Waals surface area (Å²) in [7, 11) is 0. The fraction of sp³-hybridized carbons (Fsp3) is 0.150. The van der Waals surface area contributed by atoms with E-state index in [4.69, 9.17) is 0 Å². The summed E-state index contributed by atoms with van der Waals surface area (Å²) >= 11 is 0. The van der Waals surface area contributed by atoms with Crippen molar-refractivity contribution in [2.24, 2.45) is 0 Å². The van der Waals surface area contributed by atoms with E-state index in [9.17, 15) is 19.8 Å². The molecule has 0 aliphatic heterocycles. The molecular formula is C20H19N3O4. The Morgan fingerprint density at radius 1 is 1.22 bits per heavy atom. The van der Waals surface area contributed by atoms with Crippen LogP contribution < -0.4 is 10.9 Å². The molecule has 0 radical (unpaired) electrons. The van der Waals surface area contributed by atoms with E-state index in [1.807, 2.05) is 13.8 Å². The van der Waals surface area contributed by atoms with E-state index in [2.05, 4.69) is 15.3 Å². The lowest BCUT2D eigenvalue weighted by atomic mass is 10.1. The van der Waals surface area contributed by atoms with Gasteiger partial charge in [0.25, 0.3) is 5.56 Å². The Morgan fingerprint density at radius 3 is 2.70 bits per heavy atom. The van der Waals surface area contributed by atoms with Crippen molar-refractivity contribution < 1.29 is 15.0 Å². The average Bonchev–Trinajstić information content (AvgIpc) is 2.59. The van der Waals surface area contributed by atoms with Crippen LogP contribution in [0.5, 0.6) is 11.5 Å². The Hall–Kier alpha value is -3.61. The van der Waals surface area contributed by atoms with Crippen LogP contribution in [0.25, 0.3) is 28.4 Å². The van der Waals surface area contributed by atoms with Gasteiger partial charge in [0.1, 0.15) is 17.3 Å². The molecule has 3 rings (SSSR count). The van der Waals surface area contributed by atoms with Gasteiger partial charge in [0.05, 0.1) is 16.5 Å². The van der Waals surface area contributed by atoms with Crippen LogP contribution in [0.2, 0.25) is 0 Å². The number of aromatic amines is 1. The standard InChI is InChI=1S/C20H19N3O4/c1-11(2)21-17(26)9-6-12-4-3-5-15-18(12)22-19(23-20(15)27)14-8-7-13(24)10-16(14)25/h3-11,24-25H,1-2H3,(H,21,26)(H,22,23,27)/b9-6+. The number of para-hydroxylation sites is 1. The lowest BCUT2D eigenvalue weighted by Crippen LogP contribution is -2.28. The number of H-pyrrole nitrogens is 1. The zero-order chi connectivity index (χ0) is 19.6. The van der Waals surface area contributed by atoms with E-state index in [-0.39, 0.29) is 40.4 Å². The average molecular weight is 365 g/mol. The molecule has 3 aromatic rings. The summed E-state index contributed by atoms with van der Waals surface area (Å²) in [6.07, 6.45) is 2.97. The van der Waals surface area contributed by atoms with Gasteiger partial charge in [0.2, 0.25) is 5.91 Å². The first-order valence-corrected chi connectivity index (χ1v) is 8.39. The van der Waals surface area contributed by atoms with Gasteiger partial charge in [-0.1, -0.05) is 12.1 Å². The Balaban J connectivity index is 2.11. The third-order valence-electron chi connectivity index (χ3n) is 3.85. The minimum atomic E-state index is -0.371. The maximum atomic E-state index is 12.5. The molecule has 1 amide bonds. The van der Waals surface area contributed by atoms with Crippen molar-refractivity contribution in [1.82, 2.24) is 15.3 Å². The zero-order valence-electron chi connectivity index (χ0n) is 14.9. The van der Waals surface area contributed by atoms with Gasteiger partial charge in [-0.25, -0.2) is 4.98 Å². The van der Waals surface area contributed by atoms with Crippen LogP contribution in [0.4, 0.5) is 0 Å². The number of hydrogen-bond acceptors (Lipinski definition) is 5. The van der Waals surface area contributed by atoms with Crippen molar-refractivity contribution in [3.63, 3.8) is 0 Å². The van der Waals surface area contributed by atoms with Crippen LogP contribution in [0.1, 0.15) is 19.4 Å². The molecule has 0 saturated carbocycles. The number of nitrogens with one attached hydrogen (secondary N) is 2. The molecule has 0 atom stereocenters. The van der Waals surface area contributed by atoms with Crippen molar-refractivity contribution in [1.29, 1.82) is 0 Å². The number of nitrogens with zero attached hydrogens (tertiary/aromatic N) is 1. The molecule has 138 valence electrons. The number of amides is 1. The molecule has 27 heavy (non-hydrogen) atoms. The van der Waals surface area contributed by atoms with Crippen molar-refractivity contribution >= 4 is 22.9 Å². The molecule has 0 aliphatic rings. The lowest BCUT2D eigenvalue weighted by Gasteiger charge is -2.08. The van der Waals surface area contributed by atoms with Gasteiger partial charge < -0.3 is 20.5 Å². The number of carbonyl (C=O) groups excluding carboxylic acids is 1. The van der Waals surface area contributed by atoms with Crippen LogP contribution in [0.3, 0.4) is 0 Å². The summed E-state index contributed by atoms with van der Waals surface area (Å²) in [5, 5.41) is 22.6. The Kier molecular flexibility index (Phi) is 4.94. The normalized spacial score (nSPS) is 11.4. The molecular weight excluding hydrogens is 346 g/mol. The molecule has 0 spiro atoms. The Bertz CT molecular complexity index is 1100. The smallest absolute Gasteiger partial charge is 0.259 e. The van der Waals surface area contributed by atoms with Gasteiger partial charge >= 0.3 is 0 Å². The molecule has 0 bridgehead atoms. The number of phenolic OH excluding ortho intramolecular Hbond substituents is 2. The first-order valence-electron chi connectivity index (χ1n) is 8.39. The number of hydrogen-bond donors (Lipinski definition) is 4. The van der Waals surface area contributed by atoms with Crippen LogP contribution in [-0.4, -0.2) is 32.1 Å². The quantitative estimate of drug-likeness (QED) is 0.530. The first-order chi connectivity index (χ1) is 12.8. The number of phenols is 2. The third-order valence-corrected chi connectivity index (χ3v) is 3.85. The Labute approximate surface area is 155 Å². The van der Waals surface area contributed by atoms with Crippen molar-refractivity contribution in [3.05, 3.63) is 58.4 Å². The second-order valence-corrected chi connectivity index (χ2v) is 6.36. The monoisotopic (exact) mass is 365 g/mol. The maximum Gasteiger partial charge on any atom is 0.259 e. The predicted molar refractivity (Wildman–Crippen MR) is 103 cm³/mol. The number of rotatable bonds is 4. The predicted octanol–water partition coefficient (Wildman–Crippen LogP) is 2.54. The van der Waals surface area contributed by atoms with Crippen molar-refractivity contribution in [2.75, 3.05) is 0 Å². The summed E-state index contributed by atoms with van der Waals surface area (Å²) in [5.41, 5.74) is 0.904. The summed E-state index contributed by atoms with van der Waals surface area (Å²) in [5.74, 6) is -0.387. The van der Waals surface area contributed by atoms with E-state index in [1.54, 1.807) is 24.3 Å². The largest absolute Gasteiger partial charge is 0.508 e. The number of aromatic nitrogens is 2. The van der Waals surface area contributed by atoms with Crippen molar-refractivity contribution in [2.45, 2.75) is 19.9 Å². The number of benzene rings is 2. The summed E-state index contributed by atoms with van der Waals surface area (Å²) in [4.78, 5) is 31.4. The minimum absolute atomic E-state index is 0.0136. The van der Waals surface area contributed by atoms with Crippen LogP contribution >= 0.6 is 0 Å². The van der Waals surface area contributed by atoms with Gasteiger partial charge in [-0.3, -0.25) is 9.59 Å². The van der Waals surface area contributed by atoms with Crippen LogP contribution in [0, 0.1) is 0 Å². The van der Waals surface area contributed by atoms with E-state index in [0.29, 0.717) is 16.5 Å². The first kappa shape index (κ1) is 18.2. The highest BCUT2D eigenvalue weighted by Crippen LogP contribution is 2.30. The highest BCUT2D eigenvalue weighted by Gasteiger charge is 2.12. The number of carbonyl (C=O) groups is 1. The molecule has 1 aromatic heterocycles. The Morgan fingerprint density at radius 2 is 2.00 bits per heavy atom. The number of aromatic hydroxyl groups is 2. The van der Waals surface area contributed by atoms with Gasteiger partial charge in [0.15, 0.2) is 0 Å². The van der Waals surface area contributed by atoms with Gasteiger partial charge in [-0.15, -0.1) is 0 Å². The molecule has 1 heterocycles. The molecule has 4 N–H and O–H groups in total. The van der Waals surface area contributed by atoms with E-state index < -0.39 is 0 Å². The van der Waals surface area contributed by atoms with E-state index in [0.717, 1.165) is 0 Å². The fourth-order valence-corrected chi connectivity index (χ4v) is 2.66. The second kappa shape index (κ2) is 7.33. The number of fused-ring (bicyclic) bond motifs is 1. The summed E-state index contributed by atoms with van der Waals surface area (Å²) in [6.45, 7) is 3.72. The molecule has 0 fully saturated rings. The highest BCUT2D eigenvalue weighted by atomic mass is 16.3. The van der Waals surface area contributed by atoms with Crippen LogP contribution in [-0.2, 0) is 4.79 Å². The fourth-order valence-electron chi connectivity index (χ4n) is 2.66. The minimum Gasteiger partial charge on any atom is -0.508 e. The topological polar surface area (TPSA) is 115 Å². The highest BCUT2D eigenvalue weighted by molar-refractivity contribution is 5.95. The van der Waals surface area contributed by atoms with Gasteiger partial charge in [0, 0.05) is 23.7 Å². The van der Waals surface area contributed by atoms with Gasteiger partial charge in [-0.05, 0) is 38.1 Å². The molecule has 7 heteroatoms. The molecule has 0 saturated heterocycles. The SMILES string of the molecule is CC(C)NC(=O)/C=C/c1cccc2c(=O)[nH]c(-c3ccc(O)cc3O)nc12. The molecule has 0 aliphatic carbocycles. The second-order valence-electron chi connectivity index (χ2n) is 6.36. The van der Waals surface area contributed by atoms with E-state index >= 15 is 0 Å². The summed E-state index contributed by atoms with van der Waals surface area (Å²) in [6, 6.07) is 9.12. The lowest BCUT2D eigenvalue weighted by molar-refractivity contribution is -0.116. The molecule has 0 unspecified atom stereocenters. The van der Waals surface area contributed by atoms with Crippen molar-refractivity contribution in [3.8, 4) is 22.9 Å². The molecule has 2 aromatic carbocycles.